The van der Waals surface area contributed by atoms with Crippen molar-refractivity contribution in [3.8, 4) is 0 Å². The molecule has 1 rings (SSSR count). The predicted molar refractivity (Wildman–Crippen MR) is 56.5 cm³/mol. The molecule has 5 heteroatoms. The van der Waals surface area contributed by atoms with Crippen molar-refractivity contribution >= 4 is 5.91 Å². The number of amides is 1. The van der Waals surface area contributed by atoms with Crippen molar-refractivity contribution in [1.82, 2.24) is 5.32 Å². The summed E-state index contributed by atoms with van der Waals surface area (Å²) in [4.78, 5) is 11.5. The number of nitrogens with one attached hydrogen (secondary N) is 1. The molecule has 0 spiro atoms. The van der Waals surface area contributed by atoms with Crippen LogP contribution in [-0.4, -0.2) is 44.4 Å². The van der Waals surface area contributed by atoms with Gasteiger partial charge in [0.2, 0.25) is 5.91 Å². The fourth-order valence-corrected chi connectivity index (χ4v) is 1.54. The fourth-order valence-electron chi connectivity index (χ4n) is 1.54. The molecule has 1 heterocycles. The van der Waals surface area contributed by atoms with Crippen LogP contribution >= 0.6 is 0 Å². The first-order valence-corrected chi connectivity index (χ1v) is 5.45. The van der Waals surface area contributed by atoms with Gasteiger partial charge in [0.05, 0.1) is 19.3 Å². The summed E-state index contributed by atoms with van der Waals surface area (Å²) in [5, 5.41) is 2.77. The SMILES string of the molecule is CC1CCC(C(=O)NCCOCCN)O1. The Balaban J connectivity index is 2.03. The van der Waals surface area contributed by atoms with Gasteiger partial charge in [0.15, 0.2) is 0 Å². The summed E-state index contributed by atoms with van der Waals surface area (Å²) in [6.45, 7) is 4.06. The highest BCUT2D eigenvalue weighted by Crippen LogP contribution is 2.18. The van der Waals surface area contributed by atoms with Crippen molar-refractivity contribution in [1.29, 1.82) is 0 Å². The molecule has 15 heavy (non-hydrogen) atoms. The van der Waals surface area contributed by atoms with E-state index in [1.165, 1.54) is 0 Å². The molecule has 1 fully saturated rings. The summed E-state index contributed by atoms with van der Waals surface area (Å²) in [5.41, 5.74) is 5.25. The van der Waals surface area contributed by atoms with Gasteiger partial charge in [-0.2, -0.15) is 0 Å². The van der Waals surface area contributed by atoms with Crippen LogP contribution in [0.15, 0.2) is 0 Å². The van der Waals surface area contributed by atoms with Crippen molar-refractivity contribution in [2.24, 2.45) is 5.73 Å². The van der Waals surface area contributed by atoms with Gasteiger partial charge in [0.1, 0.15) is 6.10 Å². The molecule has 0 bridgehead atoms. The Kier molecular flexibility index (Phi) is 5.60. The van der Waals surface area contributed by atoms with Gasteiger partial charge < -0.3 is 20.5 Å². The zero-order chi connectivity index (χ0) is 11.1. The molecule has 0 aromatic heterocycles. The molecule has 5 nitrogen and oxygen atoms in total. The monoisotopic (exact) mass is 216 g/mol. The molecule has 0 aliphatic carbocycles. The number of carbonyl (C=O) groups excluding carboxylic acids is 1. The molecular weight excluding hydrogens is 196 g/mol. The summed E-state index contributed by atoms with van der Waals surface area (Å²) in [7, 11) is 0. The first-order chi connectivity index (χ1) is 7.24. The van der Waals surface area contributed by atoms with Crippen molar-refractivity contribution in [3.63, 3.8) is 0 Å². The van der Waals surface area contributed by atoms with Gasteiger partial charge in [-0.3, -0.25) is 4.79 Å². The first-order valence-electron chi connectivity index (χ1n) is 5.45. The maximum absolute atomic E-state index is 11.5. The Hall–Kier alpha value is -0.650. The molecule has 2 atom stereocenters. The maximum atomic E-state index is 11.5. The highest BCUT2D eigenvalue weighted by atomic mass is 16.5. The van der Waals surface area contributed by atoms with Crippen LogP contribution in [-0.2, 0) is 14.3 Å². The van der Waals surface area contributed by atoms with Gasteiger partial charge in [-0.1, -0.05) is 0 Å². The topological polar surface area (TPSA) is 73.6 Å². The van der Waals surface area contributed by atoms with Crippen LogP contribution in [0.25, 0.3) is 0 Å². The van der Waals surface area contributed by atoms with E-state index in [0.29, 0.717) is 26.3 Å². The van der Waals surface area contributed by atoms with E-state index >= 15 is 0 Å². The molecule has 88 valence electrons. The van der Waals surface area contributed by atoms with Gasteiger partial charge in [0.25, 0.3) is 0 Å². The lowest BCUT2D eigenvalue weighted by Crippen LogP contribution is -2.36. The average molecular weight is 216 g/mol. The zero-order valence-electron chi connectivity index (χ0n) is 9.20. The summed E-state index contributed by atoms with van der Waals surface area (Å²) < 4.78 is 10.6. The first kappa shape index (κ1) is 12.4. The van der Waals surface area contributed by atoms with Gasteiger partial charge in [-0.25, -0.2) is 0 Å². The minimum absolute atomic E-state index is 0.0318. The van der Waals surface area contributed by atoms with E-state index in [4.69, 9.17) is 15.2 Å². The smallest absolute Gasteiger partial charge is 0.249 e. The van der Waals surface area contributed by atoms with Crippen LogP contribution in [0, 0.1) is 0 Å². The maximum Gasteiger partial charge on any atom is 0.249 e. The third-order valence-electron chi connectivity index (χ3n) is 2.33. The average Bonchev–Trinajstić information content (AvgIpc) is 2.64. The summed E-state index contributed by atoms with van der Waals surface area (Å²) >= 11 is 0. The molecular formula is C10H20N2O3. The number of ether oxygens (including phenoxy) is 2. The standard InChI is InChI=1S/C10H20N2O3/c1-8-2-3-9(15-8)10(13)12-5-7-14-6-4-11/h8-9H,2-7,11H2,1H3,(H,12,13). The Labute approximate surface area is 90.3 Å². The lowest BCUT2D eigenvalue weighted by atomic mass is 10.2. The van der Waals surface area contributed by atoms with E-state index < -0.39 is 0 Å². The molecule has 0 saturated carbocycles. The van der Waals surface area contributed by atoms with Crippen LogP contribution in [0.3, 0.4) is 0 Å². The van der Waals surface area contributed by atoms with Crippen LogP contribution in [0.5, 0.6) is 0 Å². The lowest BCUT2D eigenvalue weighted by molar-refractivity contribution is -0.131. The van der Waals surface area contributed by atoms with E-state index in [9.17, 15) is 4.79 Å². The molecule has 0 aromatic rings. The van der Waals surface area contributed by atoms with Crippen LogP contribution in [0.2, 0.25) is 0 Å². The Morgan fingerprint density at radius 1 is 1.53 bits per heavy atom. The quantitative estimate of drug-likeness (QED) is 0.595. The van der Waals surface area contributed by atoms with Crippen molar-refractivity contribution in [2.75, 3.05) is 26.3 Å². The lowest BCUT2D eigenvalue weighted by Gasteiger charge is -2.11. The van der Waals surface area contributed by atoms with E-state index in [-0.39, 0.29) is 18.1 Å². The highest BCUT2D eigenvalue weighted by molar-refractivity contribution is 5.80. The zero-order valence-corrected chi connectivity index (χ0v) is 9.20. The van der Waals surface area contributed by atoms with Gasteiger partial charge in [-0.15, -0.1) is 0 Å². The van der Waals surface area contributed by atoms with Gasteiger partial charge >= 0.3 is 0 Å². The third-order valence-corrected chi connectivity index (χ3v) is 2.33. The third kappa shape index (κ3) is 4.59. The van der Waals surface area contributed by atoms with E-state index in [1.807, 2.05) is 6.92 Å². The predicted octanol–water partition coefficient (Wildman–Crippen LogP) is -0.355. The van der Waals surface area contributed by atoms with E-state index in [1.54, 1.807) is 0 Å². The van der Waals surface area contributed by atoms with Crippen LogP contribution in [0.1, 0.15) is 19.8 Å². The molecule has 1 aliphatic heterocycles. The van der Waals surface area contributed by atoms with Crippen molar-refractivity contribution in [3.05, 3.63) is 0 Å². The molecule has 3 N–H and O–H groups in total. The minimum Gasteiger partial charge on any atom is -0.378 e. The number of carbonyl (C=O) groups is 1. The van der Waals surface area contributed by atoms with E-state index in [0.717, 1.165) is 12.8 Å². The van der Waals surface area contributed by atoms with Crippen molar-refractivity contribution < 1.29 is 14.3 Å². The second kappa shape index (κ2) is 6.76. The molecule has 0 radical (unpaired) electrons. The number of rotatable bonds is 6. The number of hydrogen-bond donors (Lipinski definition) is 2. The second-order valence-electron chi connectivity index (χ2n) is 3.70. The molecule has 1 saturated heterocycles. The van der Waals surface area contributed by atoms with E-state index in [2.05, 4.69) is 5.32 Å². The Bertz CT molecular complexity index is 199. The Morgan fingerprint density at radius 3 is 2.93 bits per heavy atom. The van der Waals surface area contributed by atoms with Crippen LogP contribution < -0.4 is 11.1 Å². The van der Waals surface area contributed by atoms with Gasteiger partial charge in [-0.05, 0) is 19.8 Å². The summed E-state index contributed by atoms with van der Waals surface area (Å²) in [6, 6.07) is 0. The number of nitrogens with two attached hydrogens (primary N) is 1. The Morgan fingerprint density at radius 2 is 2.33 bits per heavy atom. The summed E-state index contributed by atoms with van der Waals surface area (Å²) in [6.07, 6.45) is 1.71. The summed E-state index contributed by atoms with van der Waals surface area (Å²) in [5.74, 6) is -0.0318. The fraction of sp³-hybridized carbons (Fsp3) is 0.900. The number of hydrogen-bond acceptors (Lipinski definition) is 4. The molecule has 2 unspecified atom stereocenters. The van der Waals surface area contributed by atoms with Crippen LogP contribution in [0.4, 0.5) is 0 Å². The normalized spacial score (nSPS) is 25.5. The largest absolute Gasteiger partial charge is 0.378 e. The van der Waals surface area contributed by atoms with Crippen molar-refractivity contribution in [2.45, 2.75) is 32.0 Å². The molecule has 0 aromatic carbocycles. The molecule has 1 aliphatic rings. The second-order valence-corrected chi connectivity index (χ2v) is 3.70. The highest BCUT2D eigenvalue weighted by Gasteiger charge is 2.27. The minimum atomic E-state index is -0.269. The molecule has 1 amide bonds. The van der Waals surface area contributed by atoms with Gasteiger partial charge in [0, 0.05) is 13.1 Å².